The summed E-state index contributed by atoms with van der Waals surface area (Å²) in [6.07, 6.45) is 0.489. The highest BCUT2D eigenvalue weighted by molar-refractivity contribution is 6.02. The van der Waals surface area contributed by atoms with E-state index in [1.165, 1.54) is 0 Å². The second kappa shape index (κ2) is 3.25. The highest BCUT2D eigenvalue weighted by Crippen LogP contribution is 2.40. The van der Waals surface area contributed by atoms with E-state index in [0.29, 0.717) is 12.0 Å². The van der Waals surface area contributed by atoms with Gasteiger partial charge in [-0.25, -0.2) is 0 Å². The Kier molecular flexibility index (Phi) is 2.08. The van der Waals surface area contributed by atoms with Crippen molar-refractivity contribution in [3.05, 3.63) is 35.9 Å². The Hall–Kier alpha value is -1.64. The van der Waals surface area contributed by atoms with E-state index >= 15 is 0 Å². The molecule has 14 heavy (non-hydrogen) atoms. The van der Waals surface area contributed by atoms with E-state index in [1.54, 1.807) is 24.3 Å². The summed E-state index contributed by atoms with van der Waals surface area (Å²) in [7, 11) is 0. The maximum absolute atomic E-state index is 11.7. The lowest BCUT2D eigenvalue weighted by Crippen LogP contribution is -2.07. The predicted octanol–water partition coefficient (Wildman–Crippen LogP) is 1.59. The quantitative estimate of drug-likeness (QED) is 0.736. The molecule has 1 fully saturated rings. The second-order valence-corrected chi connectivity index (χ2v) is 3.52. The van der Waals surface area contributed by atoms with Crippen molar-refractivity contribution < 1.29 is 14.7 Å². The van der Waals surface area contributed by atoms with Crippen molar-refractivity contribution in [1.82, 2.24) is 0 Å². The fourth-order valence-corrected chi connectivity index (χ4v) is 1.57. The molecule has 1 saturated carbocycles. The molecule has 1 N–H and O–H groups in total. The number of hydrogen-bond acceptors (Lipinski definition) is 2. The molecule has 1 aliphatic carbocycles. The van der Waals surface area contributed by atoms with Gasteiger partial charge in [-0.1, -0.05) is 30.3 Å². The van der Waals surface area contributed by atoms with Crippen LogP contribution >= 0.6 is 0 Å². The number of carbonyl (C=O) groups is 2. The molecule has 1 aromatic carbocycles. The Morgan fingerprint density at radius 2 is 1.79 bits per heavy atom. The molecule has 1 aliphatic rings. The van der Waals surface area contributed by atoms with Crippen molar-refractivity contribution in [3.8, 4) is 0 Å². The van der Waals surface area contributed by atoms with Gasteiger partial charge in [-0.3, -0.25) is 9.59 Å². The average molecular weight is 190 g/mol. The first-order valence-corrected chi connectivity index (χ1v) is 4.52. The van der Waals surface area contributed by atoms with Gasteiger partial charge in [0, 0.05) is 11.5 Å². The van der Waals surface area contributed by atoms with Crippen molar-refractivity contribution >= 4 is 11.8 Å². The van der Waals surface area contributed by atoms with Crippen LogP contribution in [0.15, 0.2) is 30.3 Å². The molecule has 0 heterocycles. The van der Waals surface area contributed by atoms with Crippen LogP contribution in [0.2, 0.25) is 0 Å². The molecule has 0 spiro atoms. The van der Waals surface area contributed by atoms with Crippen LogP contribution in [0.25, 0.3) is 0 Å². The minimum atomic E-state index is -0.862. The molecule has 3 heteroatoms. The van der Waals surface area contributed by atoms with Gasteiger partial charge >= 0.3 is 5.97 Å². The van der Waals surface area contributed by atoms with E-state index in [1.807, 2.05) is 6.07 Å². The molecule has 0 aliphatic heterocycles. The monoisotopic (exact) mass is 190 g/mol. The Morgan fingerprint density at radius 1 is 1.14 bits per heavy atom. The summed E-state index contributed by atoms with van der Waals surface area (Å²) < 4.78 is 0. The Morgan fingerprint density at radius 3 is 2.29 bits per heavy atom. The van der Waals surface area contributed by atoms with Crippen LogP contribution in [0.5, 0.6) is 0 Å². The maximum Gasteiger partial charge on any atom is 0.307 e. The zero-order valence-corrected chi connectivity index (χ0v) is 7.51. The van der Waals surface area contributed by atoms with Crippen LogP contribution in [0, 0.1) is 11.8 Å². The maximum atomic E-state index is 11.7. The van der Waals surface area contributed by atoms with Gasteiger partial charge in [0.15, 0.2) is 5.78 Å². The van der Waals surface area contributed by atoms with Gasteiger partial charge in [-0.2, -0.15) is 0 Å². The molecule has 3 nitrogen and oxygen atoms in total. The third-order valence-electron chi connectivity index (χ3n) is 2.50. The summed E-state index contributed by atoms with van der Waals surface area (Å²) >= 11 is 0. The molecule has 0 unspecified atom stereocenters. The Labute approximate surface area is 81.4 Å². The first-order valence-electron chi connectivity index (χ1n) is 4.52. The number of carboxylic acid groups (broad SMARTS) is 1. The zero-order chi connectivity index (χ0) is 10.1. The summed E-state index contributed by atoms with van der Waals surface area (Å²) in [5.41, 5.74) is 0.612. The van der Waals surface area contributed by atoms with Crippen molar-refractivity contribution in [2.75, 3.05) is 0 Å². The van der Waals surface area contributed by atoms with Crippen LogP contribution < -0.4 is 0 Å². The standard InChI is InChI=1S/C11H10O3/c12-10(7-4-2-1-3-5-7)8-6-9(8)11(13)14/h1-5,8-9H,6H2,(H,13,14)/t8-,9+/m1/s1. The largest absolute Gasteiger partial charge is 0.481 e. The number of hydrogen-bond donors (Lipinski definition) is 1. The SMILES string of the molecule is O=C(O)[C@H]1C[C@H]1C(=O)c1ccccc1. The van der Waals surface area contributed by atoms with Gasteiger partial charge in [0.2, 0.25) is 0 Å². The molecule has 72 valence electrons. The third kappa shape index (κ3) is 1.53. The van der Waals surface area contributed by atoms with E-state index in [-0.39, 0.29) is 11.7 Å². The number of benzene rings is 1. The molecule has 2 atom stereocenters. The smallest absolute Gasteiger partial charge is 0.307 e. The van der Waals surface area contributed by atoms with Crippen LogP contribution in [0.3, 0.4) is 0 Å². The summed E-state index contributed by atoms with van der Waals surface area (Å²) in [6, 6.07) is 8.84. The highest BCUT2D eigenvalue weighted by atomic mass is 16.4. The first-order chi connectivity index (χ1) is 6.70. The van der Waals surface area contributed by atoms with Gasteiger partial charge in [-0.05, 0) is 6.42 Å². The fourth-order valence-electron chi connectivity index (χ4n) is 1.57. The minimum Gasteiger partial charge on any atom is -0.481 e. The molecule has 2 rings (SSSR count). The highest BCUT2D eigenvalue weighted by Gasteiger charge is 2.48. The van der Waals surface area contributed by atoms with Crippen molar-refractivity contribution in [2.45, 2.75) is 6.42 Å². The molecule has 0 amide bonds. The molecule has 0 radical (unpaired) electrons. The molecular formula is C11H10O3. The lowest BCUT2D eigenvalue weighted by atomic mass is 10.1. The molecule has 1 aromatic rings. The molecule has 0 saturated heterocycles. The fraction of sp³-hybridized carbons (Fsp3) is 0.273. The summed E-state index contributed by atoms with van der Waals surface area (Å²) in [5.74, 6) is -1.66. The normalized spacial score (nSPS) is 24.3. The lowest BCUT2D eigenvalue weighted by molar-refractivity contribution is -0.138. The van der Waals surface area contributed by atoms with Crippen LogP contribution in [0.4, 0.5) is 0 Å². The number of rotatable bonds is 3. The van der Waals surface area contributed by atoms with Gasteiger partial charge in [0.25, 0.3) is 0 Å². The molecule has 0 aromatic heterocycles. The van der Waals surface area contributed by atoms with Gasteiger partial charge in [0.1, 0.15) is 0 Å². The van der Waals surface area contributed by atoms with Crippen molar-refractivity contribution in [3.63, 3.8) is 0 Å². The Balaban J connectivity index is 2.09. The topological polar surface area (TPSA) is 54.4 Å². The Bertz CT molecular complexity index is 369. The number of Topliss-reactive ketones (excluding diaryl/α,β-unsaturated/α-hetero) is 1. The number of ketones is 1. The van der Waals surface area contributed by atoms with Crippen molar-refractivity contribution in [2.24, 2.45) is 11.8 Å². The average Bonchev–Trinajstić information content (AvgIpc) is 2.97. The third-order valence-corrected chi connectivity index (χ3v) is 2.50. The molecular weight excluding hydrogens is 180 g/mol. The van der Waals surface area contributed by atoms with E-state index in [2.05, 4.69) is 0 Å². The molecule has 0 bridgehead atoms. The minimum absolute atomic E-state index is 0.0435. The van der Waals surface area contributed by atoms with Crippen LogP contribution in [-0.2, 0) is 4.79 Å². The van der Waals surface area contributed by atoms with E-state index in [4.69, 9.17) is 5.11 Å². The number of aliphatic carboxylic acids is 1. The summed E-state index contributed by atoms with van der Waals surface area (Å²) in [5, 5.41) is 8.67. The summed E-state index contributed by atoms with van der Waals surface area (Å²) in [4.78, 5) is 22.2. The van der Waals surface area contributed by atoms with Crippen LogP contribution in [-0.4, -0.2) is 16.9 Å². The van der Waals surface area contributed by atoms with E-state index < -0.39 is 11.9 Å². The number of carboxylic acids is 1. The number of carbonyl (C=O) groups excluding carboxylic acids is 1. The predicted molar refractivity (Wildman–Crippen MR) is 50.0 cm³/mol. The van der Waals surface area contributed by atoms with Gasteiger partial charge < -0.3 is 5.11 Å². The lowest BCUT2D eigenvalue weighted by Gasteiger charge is -1.97. The van der Waals surface area contributed by atoms with Crippen molar-refractivity contribution in [1.29, 1.82) is 0 Å². The second-order valence-electron chi connectivity index (χ2n) is 3.52. The summed E-state index contributed by atoms with van der Waals surface area (Å²) in [6.45, 7) is 0. The van der Waals surface area contributed by atoms with Gasteiger partial charge in [-0.15, -0.1) is 0 Å². The van der Waals surface area contributed by atoms with Gasteiger partial charge in [0.05, 0.1) is 5.92 Å². The zero-order valence-electron chi connectivity index (χ0n) is 7.51. The van der Waals surface area contributed by atoms with Crippen LogP contribution in [0.1, 0.15) is 16.8 Å². The van der Waals surface area contributed by atoms with E-state index in [0.717, 1.165) is 0 Å². The van der Waals surface area contributed by atoms with E-state index in [9.17, 15) is 9.59 Å². The first kappa shape index (κ1) is 8.94.